The molecule has 0 saturated heterocycles. The average Bonchev–Trinajstić information content (AvgIpc) is 2.75. The molecular weight excluding hydrogens is 452 g/mol. The number of rotatable bonds is 9. The van der Waals surface area contributed by atoms with E-state index >= 15 is 0 Å². The maximum atomic E-state index is 11.6. The zero-order valence-corrected chi connectivity index (χ0v) is 19.2. The number of nitrogens with zero attached hydrogens (tertiary/aromatic N) is 2. The molecule has 1 heterocycles. The van der Waals surface area contributed by atoms with Crippen molar-refractivity contribution in [2.45, 2.75) is 25.3 Å². The lowest BCUT2D eigenvalue weighted by Crippen LogP contribution is -2.24. The number of sulfonamides is 2. The highest BCUT2D eigenvalue weighted by Crippen LogP contribution is 2.22. The predicted octanol–water partition coefficient (Wildman–Crippen LogP) is 2.36. The van der Waals surface area contributed by atoms with Gasteiger partial charge in [-0.3, -0.25) is 0 Å². The first-order valence-corrected chi connectivity index (χ1v) is 12.8. The van der Waals surface area contributed by atoms with E-state index in [1.165, 1.54) is 12.1 Å². The van der Waals surface area contributed by atoms with Gasteiger partial charge in [0, 0.05) is 29.7 Å². The van der Waals surface area contributed by atoms with Crippen LogP contribution < -0.4 is 20.5 Å². The summed E-state index contributed by atoms with van der Waals surface area (Å²) in [6.07, 6.45) is 1.63. The fourth-order valence-corrected chi connectivity index (χ4v) is 3.80. The number of anilines is 4. The average molecular weight is 477 g/mol. The largest absolute Gasteiger partial charge is 0.340 e. The lowest BCUT2D eigenvalue weighted by molar-refractivity contribution is 0.582. The van der Waals surface area contributed by atoms with E-state index in [0.717, 1.165) is 16.8 Å². The molecule has 0 aliphatic carbocycles. The van der Waals surface area contributed by atoms with Crippen LogP contribution >= 0.6 is 0 Å². The molecule has 1 aromatic heterocycles. The van der Waals surface area contributed by atoms with Crippen LogP contribution in [0.15, 0.2) is 59.6 Å². The predicted molar refractivity (Wildman–Crippen MR) is 124 cm³/mol. The molecule has 5 N–H and O–H groups in total. The fraction of sp³-hybridized carbons (Fsp3) is 0.200. The Morgan fingerprint density at radius 1 is 0.969 bits per heavy atom. The van der Waals surface area contributed by atoms with Gasteiger partial charge in [0.1, 0.15) is 5.82 Å². The van der Waals surface area contributed by atoms with Gasteiger partial charge in [-0.1, -0.05) is 18.2 Å². The highest BCUT2D eigenvalue weighted by atomic mass is 32.2. The fourth-order valence-electron chi connectivity index (χ4n) is 2.65. The number of primary sulfonamides is 1. The van der Waals surface area contributed by atoms with Crippen molar-refractivity contribution in [2.24, 2.45) is 5.14 Å². The molecule has 0 fully saturated rings. The number of aryl methyl sites for hydroxylation is 1. The van der Waals surface area contributed by atoms with Gasteiger partial charge >= 0.3 is 0 Å². The summed E-state index contributed by atoms with van der Waals surface area (Å²) in [5, 5.41) is 11.3. The summed E-state index contributed by atoms with van der Waals surface area (Å²) in [7, 11) is -7.08. The van der Waals surface area contributed by atoms with Crippen molar-refractivity contribution in [1.29, 1.82) is 0 Å². The molecule has 3 rings (SSSR count). The van der Waals surface area contributed by atoms with E-state index in [-0.39, 0.29) is 23.1 Å². The van der Waals surface area contributed by atoms with Crippen molar-refractivity contribution in [3.05, 3.63) is 65.9 Å². The molecule has 0 amide bonds. The quantitative estimate of drug-likeness (QED) is 0.367. The number of benzene rings is 2. The smallest absolute Gasteiger partial charge is 0.238 e. The minimum atomic E-state index is -3.82. The lowest BCUT2D eigenvalue weighted by atomic mass is 10.2. The molecule has 10 nitrogen and oxygen atoms in total. The Balaban J connectivity index is 1.72. The second kappa shape index (κ2) is 9.61. The topological polar surface area (TPSA) is 156 Å². The maximum absolute atomic E-state index is 11.6. The molecule has 170 valence electrons. The maximum Gasteiger partial charge on any atom is 0.238 e. The molecule has 0 atom stereocenters. The van der Waals surface area contributed by atoms with Gasteiger partial charge in [0.2, 0.25) is 26.0 Å². The summed E-state index contributed by atoms with van der Waals surface area (Å²) in [5.41, 5.74) is 2.86. The SMILES string of the molecule is CCS(=O)(=O)NCc1ccc(Nc2nc(Nc3cccc(S(N)(=O)=O)c3)ncc2C)cc1. The standard InChI is InChI=1S/C20H24N6O4S2/c1-3-31(27,28)23-13-15-7-9-16(10-8-15)24-19-14(2)12-22-20(26-19)25-17-5-4-6-18(11-17)32(21,29)30/h4-12,23H,3,13H2,1-2H3,(H2,21,29,30)(H2,22,24,25,26). The van der Waals surface area contributed by atoms with Crippen molar-refractivity contribution >= 4 is 43.2 Å². The Morgan fingerprint density at radius 3 is 2.34 bits per heavy atom. The third-order valence-electron chi connectivity index (χ3n) is 4.48. The number of aromatic nitrogens is 2. The van der Waals surface area contributed by atoms with E-state index in [4.69, 9.17) is 5.14 Å². The van der Waals surface area contributed by atoms with Crippen LogP contribution in [0.2, 0.25) is 0 Å². The Labute approximate surface area is 187 Å². The normalized spacial score (nSPS) is 11.8. The first-order chi connectivity index (χ1) is 15.1. The molecule has 0 aliphatic heterocycles. The van der Waals surface area contributed by atoms with E-state index in [0.29, 0.717) is 11.5 Å². The molecule has 0 unspecified atom stereocenters. The van der Waals surface area contributed by atoms with Crippen molar-refractivity contribution in [3.63, 3.8) is 0 Å². The van der Waals surface area contributed by atoms with Crippen LogP contribution in [0.1, 0.15) is 18.1 Å². The van der Waals surface area contributed by atoms with Gasteiger partial charge in [0.15, 0.2) is 0 Å². The summed E-state index contributed by atoms with van der Waals surface area (Å²) in [4.78, 5) is 8.66. The van der Waals surface area contributed by atoms with E-state index in [1.54, 1.807) is 25.3 Å². The van der Waals surface area contributed by atoms with E-state index in [9.17, 15) is 16.8 Å². The summed E-state index contributed by atoms with van der Waals surface area (Å²) in [6, 6.07) is 13.3. The van der Waals surface area contributed by atoms with Crippen molar-refractivity contribution in [2.75, 3.05) is 16.4 Å². The lowest BCUT2D eigenvalue weighted by Gasteiger charge is -2.12. The minimum Gasteiger partial charge on any atom is -0.340 e. The zero-order valence-electron chi connectivity index (χ0n) is 17.5. The zero-order chi connectivity index (χ0) is 23.4. The molecule has 0 spiro atoms. The Kier molecular flexibility index (Phi) is 7.09. The highest BCUT2D eigenvalue weighted by Gasteiger charge is 2.10. The first kappa shape index (κ1) is 23.6. The Hall–Kier alpha value is -3.06. The number of nitrogens with one attached hydrogen (secondary N) is 3. The van der Waals surface area contributed by atoms with Crippen LogP contribution in [0.4, 0.5) is 23.1 Å². The van der Waals surface area contributed by atoms with Crippen LogP contribution in [-0.4, -0.2) is 32.6 Å². The van der Waals surface area contributed by atoms with Gasteiger partial charge in [-0.15, -0.1) is 0 Å². The molecular formula is C20H24N6O4S2. The van der Waals surface area contributed by atoms with Crippen LogP contribution in [0, 0.1) is 6.92 Å². The minimum absolute atomic E-state index is 0.0192. The van der Waals surface area contributed by atoms with Crippen LogP contribution in [-0.2, 0) is 26.6 Å². The number of hydrogen-bond acceptors (Lipinski definition) is 8. The second-order valence-corrected chi connectivity index (χ2v) is 10.6. The van der Waals surface area contributed by atoms with Gasteiger partial charge in [-0.2, -0.15) is 4.98 Å². The van der Waals surface area contributed by atoms with Crippen molar-refractivity contribution < 1.29 is 16.8 Å². The first-order valence-electron chi connectivity index (χ1n) is 9.62. The molecule has 0 aliphatic rings. The monoisotopic (exact) mass is 476 g/mol. The van der Waals surface area contributed by atoms with Crippen LogP contribution in [0.5, 0.6) is 0 Å². The second-order valence-electron chi connectivity index (χ2n) is 6.97. The molecule has 0 saturated carbocycles. The summed E-state index contributed by atoms with van der Waals surface area (Å²) in [6.45, 7) is 3.65. The van der Waals surface area contributed by atoms with E-state index < -0.39 is 20.0 Å². The highest BCUT2D eigenvalue weighted by molar-refractivity contribution is 7.89. The van der Waals surface area contributed by atoms with E-state index in [2.05, 4.69) is 25.3 Å². The third kappa shape index (κ3) is 6.47. The molecule has 0 radical (unpaired) electrons. The van der Waals surface area contributed by atoms with Crippen molar-refractivity contribution in [3.8, 4) is 0 Å². The summed E-state index contributed by atoms with van der Waals surface area (Å²) < 4.78 is 48.8. The third-order valence-corrected chi connectivity index (χ3v) is 6.74. The number of nitrogens with two attached hydrogens (primary N) is 1. The summed E-state index contributed by atoms with van der Waals surface area (Å²) >= 11 is 0. The van der Waals surface area contributed by atoms with Crippen molar-refractivity contribution in [1.82, 2.24) is 14.7 Å². The van der Waals surface area contributed by atoms with Gasteiger partial charge in [-0.25, -0.2) is 31.7 Å². The van der Waals surface area contributed by atoms with Gasteiger partial charge in [0.25, 0.3) is 0 Å². The molecule has 3 aromatic rings. The van der Waals surface area contributed by atoms with Gasteiger partial charge < -0.3 is 10.6 Å². The molecule has 2 aromatic carbocycles. The Morgan fingerprint density at radius 2 is 1.69 bits per heavy atom. The van der Waals surface area contributed by atoms with Gasteiger partial charge in [-0.05, 0) is 49.7 Å². The molecule has 12 heteroatoms. The van der Waals surface area contributed by atoms with Crippen LogP contribution in [0.25, 0.3) is 0 Å². The summed E-state index contributed by atoms with van der Waals surface area (Å²) in [5.74, 6) is 0.863. The van der Waals surface area contributed by atoms with Gasteiger partial charge in [0.05, 0.1) is 10.6 Å². The molecule has 0 bridgehead atoms. The molecule has 32 heavy (non-hydrogen) atoms. The Bertz CT molecular complexity index is 1310. The van der Waals surface area contributed by atoms with Crippen LogP contribution in [0.3, 0.4) is 0 Å². The number of hydrogen-bond donors (Lipinski definition) is 4. The van der Waals surface area contributed by atoms with E-state index in [1.807, 2.05) is 31.2 Å².